The van der Waals surface area contributed by atoms with E-state index in [1.54, 1.807) is 0 Å². The number of hydrogen-bond donors (Lipinski definition) is 1. The van der Waals surface area contributed by atoms with Crippen molar-refractivity contribution in [1.82, 2.24) is 0 Å². The molecule has 0 radical (unpaired) electrons. The van der Waals surface area contributed by atoms with Crippen LogP contribution in [0.3, 0.4) is 0 Å². The summed E-state index contributed by atoms with van der Waals surface area (Å²) >= 11 is 0. The zero-order valence-corrected chi connectivity index (χ0v) is 45.3. The summed E-state index contributed by atoms with van der Waals surface area (Å²) in [5.74, 6) is 0.760. The third kappa shape index (κ3) is 16.2. The molecule has 0 aromatic heterocycles. The minimum absolute atomic E-state index is 0.0864. The number of anilines is 1. The molecule has 4 rings (SSSR count). The van der Waals surface area contributed by atoms with Crippen molar-refractivity contribution in [2.75, 3.05) is 5.32 Å². The van der Waals surface area contributed by atoms with E-state index in [0.717, 1.165) is 76.4 Å². The Morgan fingerprint density at radius 3 is 1.47 bits per heavy atom. The number of aldehydes is 1. The first-order valence-electron chi connectivity index (χ1n) is 24.6. The van der Waals surface area contributed by atoms with Crippen LogP contribution in [-0.2, 0) is 0 Å². The van der Waals surface area contributed by atoms with Gasteiger partial charge >= 0.3 is 0 Å². The van der Waals surface area contributed by atoms with E-state index >= 15 is 0 Å². The second kappa shape index (κ2) is 18.4. The first kappa shape index (κ1) is 53.2. The summed E-state index contributed by atoms with van der Waals surface area (Å²) in [6.45, 7) is 52.7. The lowest BCUT2D eigenvalue weighted by Gasteiger charge is -2.44. The van der Waals surface area contributed by atoms with Gasteiger partial charge in [-0.1, -0.05) is 149 Å². The largest absolute Gasteiger partial charge is 0.456 e. The number of benzene rings is 3. The van der Waals surface area contributed by atoms with Gasteiger partial charge in [0.1, 0.15) is 11.3 Å². The fraction of sp³-hybridized carbons (Fsp3) is 0.667. The van der Waals surface area contributed by atoms with Crippen molar-refractivity contribution in [3.63, 3.8) is 0 Å². The normalized spacial score (nSPS) is 14.8. The Bertz CT molecular complexity index is 2260. The van der Waals surface area contributed by atoms with Crippen LogP contribution >= 0.6 is 0 Å². The maximum absolute atomic E-state index is 12.5. The molecule has 0 spiro atoms. The molecule has 2 aromatic carbocycles. The van der Waals surface area contributed by atoms with E-state index < -0.39 is 0 Å². The maximum atomic E-state index is 12.5. The fourth-order valence-electron chi connectivity index (χ4n) is 14.8. The summed E-state index contributed by atoms with van der Waals surface area (Å²) in [6.07, 6.45) is 10.0. The van der Waals surface area contributed by atoms with Crippen molar-refractivity contribution in [3.05, 3.63) is 71.6 Å². The van der Waals surface area contributed by atoms with Crippen LogP contribution in [0.1, 0.15) is 214 Å². The average molecular weight is 875 g/mol. The summed E-state index contributed by atoms with van der Waals surface area (Å²) in [4.78, 5) is 17.9. The molecule has 4 nitrogen and oxygen atoms in total. The van der Waals surface area contributed by atoms with Crippen LogP contribution in [-0.4, -0.2) is 17.4 Å². The van der Waals surface area contributed by atoms with Gasteiger partial charge in [-0.2, -0.15) is 0 Å². The van der Waals surface area contributed by atoms with Crippen LogP contribution in [0.5, 0.6) is 0 Å². The van der Waals surface area contributed by atoms with Gasteiger partial charge < -0.3 is 9.73 Å². The Morgan fingerprint density at radius 1 is 0.500 bits per heavy atom. The minimum Gasteiger partial charge on any atom is -0.456 e. The molecule has 1 aliphatic carbocycles. The highest BCUT2D eigenvalue weighted by Gasteiger charge is 2.40. The van der Waals surface area contributed by atoms with E-state index in [9.17, 15) is 4.79 Å². The van der Waals surface area contributed by atoms with Crippen molar-refractivity contribution >= 4 is 22.9 Å². The van der Waals surface area contributed by atoms with Gasteiger partial charge in [-0.3, -0.25) is 9.79 Å². The number of fused-ring (bicyclic) bond motifs is 2. The highest BCUT2D eigenvalue weighted by molar-refractivity contribution is 6.05. The van der Waals surface area contributed by atoms with Crippen LogP contribution in [0.2, 0.25) is 0 Å². The zero-order valence-electron chi connectivity index (χ0n) is 45.3. The molecular weight excluding hydrogens is 781 g/mol. The van der Waals surface area contributed by atoms with E-state index in [4.69, 9.17) is 9.41 Å². The fourth-order valence-corrected chi connectivity index (χ4v) is 14.8. The maximum Gasteiger partial charge on any atom is 0.150 e. The number of nitrogens with one attached hydrogen (secondary N) is 1. The highest BCUT2D eigenvalue weighted by atomic mass is 16.3. The van der Waals surface area contributed by atoms with Gasteiger partial charge in [0.25, 0.3) is 0 Å². The Kier molecular flexibility index (Phi) is 15.3. The van der Waals surface area contributed by atoms with Gasteiger partial charge in [0.15, 0.2) is 6.29 Å². The average Bonchev–Trinajstić information content (AvgIpc) is 3.00. The van der Waals surface area contributed by atoms with Crippen molar-refractivity contribution < 1.29 is 9.21 Å². The summed E-state index contributed by atoms with van der Waals surface area (Å²) < 4.78 is 6.90. The topological polar surface area (TPSA) is 54.6 Å². The molecule has 0 unspecified atom stereocenters. The molecule has 0 fully saturated rings. The molecule has 356 valence electrons. The molecule has 0 bridgehead atoms. The number of rotatable bonds is 19. The second-order valence-corrected chi connectivity index (χ2v) is 29.0. The lowest BCUT2D eigenvalue weighted by molar-refractivity contribution is 0.0829. The van der Waals surface area contributed by atoms with E-state index in [0.29, 0.717) is 16.4 Å². The van der Waals surface area contributed by atoms with Crippen LogP contribution in [0.25, 0.3) is 33.4 Å². The van der Waals surface area contributed by atoms with Crippen LogP contribution in [0.4, 0.5) is 5.69 Å². The van der Waals surface area contributed by atoms with Crippen molar-refractivity contribution in [2.45, 2.75) is 215 Å². The lowest BCUT2D eigenvalue weighted by atomic mass is 9.62. The van der Waals surface area contributed by atoms with Crippen LogP contribution in [0.15, 0.2) is 70.1 Å². The monoisotopic (exact) mass is 875 g/mol. The molecule has 1 N–H and O–H groups in total. The Balaban J connectivity index is 1.70. The van der Waals surface area contributed by atoms with Gasteiger partial charge in [0.05, 0.1) is 10.9 Å². The van der Waals surface area contributed by atoms with E-state index in [-0.39, 0.29) is 43.6 Å². The van der Waals surface area contributed by atoms with Crippen molar-refractivity contribution in [3.8, 4) is 22.5 Å². The molecule has 0 saturated carbocycles. The SMILES string of the molecule is CC(C)(C)CC(C)(C)CC(C)(C)CC(C)(C)CC(C)(C)N=c1ccc2c(-c3ccccc3C=O)c3ccc(NC(C)(C)CC(C)(C)CC(C)(C)CC(C)(C)CC(C)(C)C)cc3oc-2c1. The Hall–Kier alpha value is -3.40. The molecule has 0 atom stereocenters. The summed E-state index contributed by atoms with van der Waals surface area (Å²) in [5, 5.41) is 5.81. The van der Waals surface area contributed by atoms with Gasteiger partial charge in [-0.05, 0) is 152 Å². The number of carbonyl (C=O) groups excluding carboxylic acids is 1. The third-order valence-electron chi connectivity index (χ3n) is 12.7. The highest BCUT2D eigenvalue weighted by Crippen LogP contribution is 2.50. The van der Waals surface area contributed by atoms with E-state index in [1.807, 2.05) is 18.2 Å². The molecule has 0 saturated heterocycles. The smallest absolute Gasteiger partial charge is 0.150 e. The van der Waals surface area contributed by atoms with Gasteiger partial charge in [0.2, 0.25) is 0 Å². The molecule has 4 heteroatoms. The first-order valence-corrected chi connectivity index (χ1v) is 24.6. The molecule has 0 amide bonds. The lowest BCUT2D eigenvalue weighted by Crippen LogP contribution is -2.39. The molecule has 1 aliphatic heterocycles. The van der Waals surface area contributed by atoms with Crippen LogP contribution in [0, 0.1) is 43.3 Å². The third-order valence-corrected chi connectivity index (χ3v) is 12.7. The Labute approximate surface area is 393 Å². The number of hydrogen-bond acceptors (Lipinski definition) is 4. The van der Waals surface area contributed by atoms with Gasteiger partial charge in [0, 0.05) is 45.4 Å². The van der Waals surface area contributed by atoms with Crippen LogP contribution < -0.4 is 10.7 Å². The standard InChI is InChI=1S/C60H94N2O2/c1-51(2,3)34-53(7,8)36-55(11,12)38-57(15,16)40-59(19,20)61-43-27-29-46-48(31-43)64-49-32-44(28-30-47(49)50(46)45-26-24-23-25-42(45)33-63)62-60(21,22)41-58(17,18)39-56(13,14)37-54(9,10)35-52(4,5)6/h23-33,61H,34-41H2,1-22H3. The van der Waals surface area contributed by atoms with Crippen molar-refractivity contribution in [2.24, 2.45) is 48.3 Å². The second-order valence-electron chi connectivity index (χ2n) is 29.0. The quantitative estimate of drug-likeness (QED) is 0.0754. The Morgan fingerprint density at radius 2 is 0.969 bits per heavy atom. The summed E-state index contributed by atoms with van der Waals surface area (Å²) in [5.41, 5.74) is 6.63. The number of nitrogens with zero attached hydrogens (tertiary/aromatic N) is 1. The van der Waals surface area contributed by atoms with Gasteiger partial charge in [-0.25, -0.2) is 0 Å². The summed E-state index contributed by atoms with van der Waals surface area (Å²) in [6, 6.07) is 20.7. The molecule has 2 aliphatic rings. The number of carbonyl (C=O) groups is 1. The molecule has 2 aromatic rings. The van der Waals surface area contributed by atoms with Gasteiger partial charge in [-0.15, -0.1) is 0 Å². The van der Waals surface area contributed by atoms with E-state index in [1.165, 1.54) is 25.7 Å². The molecule has 1 heterocycles. The predicted octanol–water partition coefficient (Wildman–Crippen LogP) is 18.3. The zero-order chi connectivity index (χ0) is 48.8. The summed E-state index contributed by atoms with van der Waals surface area (Å²) in [7, 11) is 0. The predicted molar refractivity (Wildman–Crippen MR) is 280 cm³/mol. The minimum atomic E-state index is -0.299. The molecule has 64 heavy (non-hydrogen) atoms. The van der Waals surface area contributed by atoms with E-state index in [2.05, 4.69) is 200 Å². The molecular formula is C60H94N2O2. The van der Waals surface area contributed by atoms with Crippen molar-refractivity contribution in [1.29, 1.82) is 0 Å². The first-order chi connectivity index (χ1) is 28.7.